The molecule has 31 heavy (non-hydrogen) atoms. The van der Waals surface area contributed by atoms with Crippen molar-refractivity contribution in [2.24, 2.45) is 4.99 Å². The van der Waals surface area contributed by atoms with Crippen LogP contribution >= 0.6 is 27.5 Å². The highest BCUT2D eigenvalue weighted by molar-refractivity contribution is 9.10. The second-order valence-electron chi connectivity index (χ2n) is 6.64. The summed E-state index contributed by atoms with van der Waals surface area (Å²) >= 11 is 9.35. The van der Waals surface area contributed by atoms with E-state index in [-0.39, 0.29) is 11.6 Å². The molecule has 0 amide bonds. The summed E-state index contributed by atoms with van der Waals surface area (Å²) < 4.78 is 17.8. The molecule has 3 aromatic carbocycles. The first-order valence-corrected chi connectivity index (χ1v) is 10.5. The lowest BCUT2D eigenvalue weighted by atomic mass is 10.1. The Morgan fingerprint density at radius 3 is 2.52 bits per heavy atom. The largest absolute Gasteiger partial charge is 0.493 e. The molecule has 1 heterocycles. The van der Waals surface area contributed by atoms with Gasteiger partial charge in [-0.25, -0.2) is 9.79 Å². The first-order chi connectivity index (χ1) is 15.0. The third kappa shape index (κ3) is 4.98. The Labute approximate surface area is 193 Å². The number of halogens is 2. The fourth-order valence-electron chi connectivity index (χ4n) is 2.97. The zero-order chi connectivity index (χ0) is 21.8. The molecule has 4 rings (SSSR count). The minimum atomic E-state index is -0.536. The maximum Gasteiger partial charge on any atom is 0.363 e. The van der Waals surface area contributed by atoms with E-state index in [0.717, 1.165) is 10.0 Å². The number of rotatable bonds is 6. The standard InChI is InChI=1S/C24H17BrClNO4/c1-29-21-4-2-3-17(22(21)30-14-15-5-9-18(25)10-6-15)13-20-24(28)31-23(27-20)16-7-11-19(26)12-8-16/h2-13H,14H2,1H3/b20-13-. The second-order valence-corrected chi connectivity index (χ2v) is 7.99. The molecule has 0 atom stereocenters. The van der Waals surface area contributed by atoms with Crippen molar-refractivity contribution in [2.45, 2.75) is 6.61 Å². The number of cyclic esters (lactones) is 1. The van der Waals surface area contributed by atoms with Gasteiger partial charge in [-0.05, 0) is 54.1 Å². The van der Waals surface area contributed by atoms with Crippen LogP contribution in [0.15, 0.2) is 81.9 Å². The first-order valence-electron chi connectivity index (χ1n) is 9.36. The zero-order valence-electron chi connectivity index (χ0n) is 16.5. The van der Waals surface area contributed by atoms with Gasteiger partial charge in [-0.3, -0.25) is 0 Å². The van der Waals surface area contributed by atoms with Gasteiger partial charge in [0.2, 0.25) is 5.90 Å². The molecule has 0 aliphatic carbocycles. The van der Waals surface area contributed by atoms with Crippen molar-refractivity contribution in [3.8, 4) is 11.5 Å². The molecule has 1 aliphatic rings. The topological polar surface area (TPSA) is 57.1 Å². The number of para-hydroxylation sites is 1. The Balaban J connectivity index is 1.64. The van der Waals surface area contributed by atoms with E-state index in [1.807, 2.05) is 36.4 Å². The third-order valence-corrected chi connectivity index (χ3v) is 5.31. The van der Waals surface area contributed by atoms with Crippen molar-refractivity contribution in [3.63, 3.8) is 0 Å². The number of carbonyl (C=O) groups is 1. The van der Waals surface area contributed by atoms with Crippen molar-refractivity contribution < 1.29 is 19.0 Å². The number of hydrogen-bond donors (Lipinski definition) is 0. The molecule has 0 fully saturated rings. The van der Waals surface area contributed by atoms with Gasteiger partial charge in [-0.1, -0.05) is 51.8 Å². The Kier molecular flexibility index (Phi) is 6.39. The van der Waals surface area contributed by atoms with Crippen LogP contribution in [0.2, 0.25) is 5.02 Å². The summed E-state index contributed by atoms with van der Waals surface area (Å²) in [6.07, 6.45) is 1.63. The molecule has 7 heteroatoms. The number of hydrogen-bond acceptors (Lipinski definition) is 5. The second kappa shape index (κ2) is 9.37. The van der Waals surface area contributed by atoms with Gasteiger partial charge in [0.05, 0.1) is 7.11 Å². The summed E-state index contributed by atoms with van der Waals surface area (Å²) in [4.78, 5) is 16.7. The van der Waals surface area contributed by atoms with Crippen molar-refractivity contribution in [1.82, 2.24) is 0 Å². The van der Waals surface area contributed by atoms with Gasteiger partial charge in [-0.2, -0.15) is 0 Å². The molecule has 0 radical (unpaired) electrons. The lowest BCUT2D eigenvalue weighted by molar-refractivity contribution is -0.129. The van der Waals surface area contributed by atoms with Gasteiger partial charge < -0.3 is 14.2 Å². The molecule has 3 aromatic rings. The van der Waals surface area contributed by atoms with Gasteiger partial charge >= 0.3 is 5.97 Å². The van der Waals surface area contributed by atoms with E-state index in [1.165, 1.54) is 0 Å². The van der Waals surface area contributed by atoms with Crippen LogP contribution in [0.1, 0.15) is 16.7 Å². The quantitative estimate of drug-likeness (QED) is 0.307. The summed E-state index contributed by atoms with van der Waals surface area (Å²) in [6.45, 7) is 0.341. The number of benzene rings is 3. The Morgan fingerprint density at radius 1 is 1.06 bits per heavy atom. The van der Waals surface area contributed by atoms with Crippen molar-refractivity contribution in [1.29, 1.82) is 0 Å². The fraction of sp³-hybridized carbons (Fsp3) is 0.0833. The third-order valence-electron chi connectivity index (χ3n) is 4.53. The maximum absolute atomic E-state index is 12.4. The smallest absolute Gasteiger partial charge is 0.363 e. The minimum Gasteiger partial charge on any atom is -0.493 e. The monoisotopic (exact) mass is 497 g/mol. The Bertz CT molecular complexity index is 1170. The number of esters is 1. The SMILES string of the molecule is COc1cccc(/C=C2\N=C(c3ccc(Cl)cc3)OC2=O)c1OCc1ccc(Br)cc1. The number of methoxy groups -OCH3 is 1. The molecular weight excluding hydrogens is 482 g/mol. The van der Waals surface area contributed by atoms with Crippen LogP contribution < -0.4 is 9.47 Å². The Morgan fingerprint density at radius 2 is 1.81 bits per heavy atom. The van der Waals surface area contributed by atoms with Crippen LogP contribution in [0.25, 0.3) is 6.08 Å². The highest BCUT2D eigenvalue weighted by atomic mass is 79.9. The van der Waals surface area contributed by atoms with Crippen LogP contribution in [0.3, 0.4) is 0 Å². The van der Waals surface area contributed by atoms with Crippen molar-refractivity contribution in [3.05, 3.63) is 98.6 Å². The molecule has 0 spiro atoms. The molecule has 0 N–H and O–H groups in total. The molecular formula is C24H17BrClNO4. The molecule has 5 nitrogen and oxygen atoms in total. The fourth-order valence-corrected chi connectivity index (χ4v) is 3.36. The van der Waals surface area contributed by atoms with E-state index in [1.54, 1.807) is 43.5 Å². The van der Waals surface area contributed by atoms with Crippen LogP contribution in [0, 0.1) is 0 Å². The van der Waals surface area contributed by atoms with Gasteiger partial charge in [0, 0.05) is 20.6 Å². The van der Waals surface area contributed by atoms with E-state index in [4.69, 9.17) is 25.8 Å². The summed E-state index contributed by atoms with van der Waals surface area (Å²) in [7, 11) is 1.57. The summed E-state index contributed by atoms with van der Waals surface area (Å²) in [5.41, 5.74) is 2.49. The van der Waals surface area contributed by atoms with Gasteiger partial charge in [0.25, 0.3) is 0 Å². The molecule has 0 bridgehead atoms. The molecule has 0 saturated carbocycles. The van der Waals surface area contributed by atoms with E-state index < -0.39 is 5.97 Å². The highest BCUT2D eigenvalue weighted by Crippen LogP contribution is 2.34. The number of carbonyl (C=O) groups excluding carboxylic acids is 1. The van der Waals surface area contributed by atoms with Crippen LogP contribution in [0.4, 0.5) is 0 Å². The number of nitrogens with zero attached hydrogens (tertiary/aromatic N) is 1. The average Bonchev–Trinajstić information content (AvgIpc) is 3.14. The number of aliphatic imine (C=N–C) groups is 1. The predicted octanol–water partition coefficient (Wildman–Crippen LogP) is 6.03. The molecule has 0 aromatic heterocycles. The minimum absolute atomic E-state index is 0.173. The summed E-state index contributed by atoms with van der Waals surface area (Å²) in [6, 6.07) is 20.2. The molecule has 1 aliphatic heterocycles. The average molecular weight is 499 g/mol. The first kappa shape index (κ1) is 21.2. The maximum atomic E-state index is 12.4. The molecule has 0 unspecified atom stereocenters. The van der Waals surface area contributed by atoms with Crippen molar-refractivity contribution in [2.75, 3.05) is 7.11 Å². The van der Waals surface area contributed by atoms with Gasteiger partial charge in [-0.15, -0.1) is 0 Å². The predicted molar refractivity (Wildman–Crippen MR) is 124 cm³/mol. The zero-order valence-corrected chi connectivity index (χ0v) is 18.8. The lowest BCUT2D eigenvalue weighted by Crippen LogP contribution is -2.05. The summed E-state index contributed by atoms with van der Waals surface area (Å²) in [5.74, 6) is 0.767. The number of ether oxygens (including phenoxy) is 3. The molecule has 0 saturated heterocycles. The van der Waals surface area contributed by atoms with Gasteiger partial charge in [0.15, 0.2) is 17.2 Å². The van der Waals surface area contributed by atoms with Crippen LogP contribution in [-0.4, -0.2) is 19.0 Å². The lowest BCUT2D eigenvalue weighted by Gasteiger charge is -2.13. The van der Waals surface area contributed by atoms with E-state index in [0.29, 0.717) is 34.3 Å². The van der Waals surface area contributed by atoms with Crippen LogP contribution in [0.5, 0.6) is 11.5 Å². The Hall–Kier alpha value is -3.09. The van der Waals surface area contributed by atoms with E-state index >= 15 is 0 Å². The van der Waals surface area contributed by atoms with E-state index in [2.05, 4.69) is 20.9 Å². The van der Waals surface area contributed by atoms with Crippen LogP contribution in [-0.2, 0) is 16.1 Å². The molecule has 156 valence electrons. The summed E-state index contributed by atoms with van der Waals surface area (Å²) in [5, 5.41) is 0.591. The normalized spacial score (nSPS) is 14.4. The van der Waals surface area contributed by atoms with Gasteiger partial charge in [0.1, 0.15) is 6.61 Å². The van der Waals surface area contributed by atoms with E-state index in [9.17, 15) is 4.79 Å². The highest BCUT2D eigenvalue weighted by Gasteiger charge is 2.25. The van der Waals surface area contributed by atoms with Crippen molar-refractivity contribution >= 4 is 45.5 Å².